The summed E-state index contributed by atoms with van der Waals surface area (Å²) in [4.78, 5) is 17.0. The molecule has 0 saturated carbocycles. The van der Waals surface area contributed by atoms with E-state index in [-0.39, 0.29) is 23.9 Å². The van der Waals surface area contributed by atoms with E-state index in [1.807, 2.05) is 6.92 Å². The molecule has 0 fully saturated rings. The number of anilines is 1. The highest BCUT2D eigenvalue weighted by Crippen LogP contribution is 2.29. The molecule has 0 atom stereocenters. The first kappa shape index (κ1) is 22.7. The predicted molar refractivity (Wildman–Crippen MR) is 124 cm³/mol. The molecule has 1 N–H and O–H groups in total. The first-order valence-electron chi connectivity index (χ1n) is 9.55. The highest BCUT2D eigenvalue weighted by atomic mass is 32.2. The summed E-state index contributed by atoms with van der Waals surface area (Å²) in [6.45, 7) is 10.0. The molecule has 1 aromatic heterocycles. The van der Waals surface area contributed by atoms with Crippen molar-refractivity contribution in [2.75, 3.05) is 25.0 Å². The third-order valence-electron chi connectivity index (χ3n) is 4.31. The van der Waals surface area contributed by atoms with Crippen LogP contribution in [0.1, 0.15) is 17.3 Å². The van der Waals surface area contributed by atoms with Gasteiger partial charge in [-0.05, 0) is 49.4 Å². The molecule has 0 unspecified atom stereocenters. The summed E-state index contributed by atoms with van der Waals surface area (Å²) in [7, 11) is -3.71. The molecule has 0 aliphatic heterocycles. The van der Waals surface area contributed by atoms with Gasteiger partial charge in [0.2, 0.25) is 10.0 Å². The number of hydrogen-bond donors (Lipinski definition) is 1. The molecule has 162 valence electrons. The van der Waals surface area contributed by atoms with Gasteiger partial charge < -0.3 is 4.74 Å². The molecule has 31 heavy (non-hydrogen) atoms. The number of nitrogens with one attached hydrogen (secondary N) is 1. The van der Waals surface area contributed by atoms with Crippen molar-refractivity contribution >= 4 is 42.6 Å². The fraction of sp³-hybridized carbons (Fsp3) is 0.182. The average Bonchev–Trinajstić information content (AvgIpc) is 3.15. The molecule has 0 radical (unpaired) electrons. The second-order valence-electron chi connectivity index (χ2n) is 6.46. The topological polar surface area (TPSA) is 88.6 Å². The fourth-order valence-corrected chi connectivity index (χ4v) is 5.25. The Balaban J connectivity index is 1.82. The van der Waals surface area contributed by atoms with Gasteiger partial charge in [0.25, 0.3) is 5.91 Å². The molecule has 0 saturated heterocycles. The number of fused-ring (bicyclic) bond motifs is 1. The van der Waals surface area contributed by atoms with Crippen molar-refractivity contribution < 1.29 is 17.9 Å². The van der Waals surface area contributed by atoms with E-state index < -0.39 is 10.0 Å². The van der Waals surface area contributed by atoms with Crippen LogP contribution in [0.4, 0.5) is 5.13 Å². The quantitative estimate of drug-likeness (QED) is 0.458. The number of thiazole rings is 1. The monoisotopic (exact) mass is 457 g/mol. The van der Waals surface area contributed by atoms with E-state index in [1.54, 1.807) is 36.4 Å². The number of aromatic nitrogens is 1. The number of benzene rings is 2. The largest absolute Gasteiger partial charge is 0.494 e. The summed E-state index contributed by atoms with van der Waals surface area (Å²) < 4.78 is 33.2. The minimum absolute atomic E-state index is 0.150. The van der Waals surface area contributed by atoms with Crippen molar-refractivity contribution in [2.45, 2.75) is 11.8 Å². The number of amides is 1. The summed E-state index contributed by atoms with van der Waals surface area (Å²) in [6.07, 6.45) is 3.06. The van der Waals surface area contributed by atoms with Gasteiger partial charge in [-0.2, -0.15) is 4.31 Å². The van der Waals surface area contributed by atoms with Crippen molar-refractivity contribution in [1.29, 1.82) is 0 Å². The van der Waals surface area contributed by atoms with Crippen molar-refractivity contribution in [1.82, 2.24) is 9.29 Å². The van der Waals surface area contributed by atoms with Gasteiger partial charge in [-0.1, -0.05) is 23.5 Å². The van der Waals surface area contributed by atoms with Crippen LogP contribution in [-0.4, -0.2) is 43.3 Å². The molecule has 3 aromatic rings. The average molecular weight is 458 g/mol. The minimum atomic E-state index is -3.71. The van der Waals surface area contributed by atoms with E-state index in [2.05, 4.69) is 23.5 Å². The fourth-order valence-electron chi connectivity index (χ4n) is 2.87. The van der Waals surface area contributed by atoms with Crippen LogP contribution in [0, 0.1) is 0 Å². The molecule has 0 bridgehead atoms. The van der Waals surface area contributed by atoms with Crippen LogP contribution >= 0.6 is 11.3 Å². The first-order chi connectivity index (χ1) is 14.9. The number of hydrogen-bond acceptors (Lipinski definition) is 6. The minimum Gasteiger partial charge on any atom is -0.494 e. The third kappa shape index (κ3) is 5.19. The van der Waals surface area contributed by atoms with Crippen LogP contribution in [0.2, 0.25) is 0 Å². The Morgan fingerprint density at radius 2 is 1.84 bits per heavy atom. The van der Waals surface area contributed by atoms with E-state index in [4.69, 9.17) is 4.74 Å². The molecular weight excluding hydrogens is 434 g/mol. The van der Waals surface area contributed by atoms with Crippen LogP contribution in [0.25, 0.3) is 10.2 Å². The lowest BCUT2D eigenvalue weighted by Crippen LogP contribution is -2.31. The zero-order chi connectivity index (χ0) is 22.4. The highest BCUT2D eigenvalue weighted by Gasteiger charge is 2.23. The van der Waals surface area contributed by atoms with Crippen LogP contribution in [0.3, 0.4) is 0 Å². The maximum atomic E-state index is 12.9. The second kappa shape index (κ2) is 9.86. The highest BCUT2D eigenvalue weighted by molar-refractivity contribution is 7.89. The van der Waals surface area contributed by atoms with Crippen molar-refractivity contribution in [3.05, 3.63) is 73.3 Å². The summed E-state index contributed by atoms with van der Waals surface area (Å²) >= 11 is 1.21. The van der Waals surface area contributed by atoms with Crippen LogP contribution < -0.4 is 10.1 Å². The number of carbonyl (C=O) groups excluding carboxylic acids is 1. The lowest BCUT2D eigenvalue weighted by atomic mass is 10.2. The van der Waals surface area contributed by atoms with E-state index >= 15 is 0 Å². The molecule has 0 aliphatic rings. The van der Waals surface area contributed by atoms with Crippen molar-refractivity contribution in [3.8, 4) is 5.75 Å². The summed E-state index contributed by atoms with van der Waals surface area (Å²) in [5.74, 6) is 0.382. The Bertz CT molecular complexity index is 1190. The van der Waals surface area contributed by atoms with E-state index in [0.717, 1.165) is 0 Å². The normalized spacial score (nSPS) is 11.4. The van der Waals surface area contributed by atoms with E-state index in [1.165, 1.54) is 33.9 Å². The summed E-state index contributed by atoms with van der Waals surface area (Å²) in [6, 6.07) is 11.5. The first-order valence-corrected chi connectivity index (χ1v) is 11.8. The molecule has 9 heteroatoms. The predicted octanol–water partition coefficient (Wildman–Crippen LogP) is 4.31. The second-order valence-corrected chi connectivity index (χ2v) is 9.43. The SMILES string of the molecule is C=CCN(CC=C)S(=O)(=O)c1ccc2nc(NC(=O)c3ccc(OCC)cc3)sc2c1. The zero-order valence-corrected chi connectivity index (χ0v) is 18.7. The number of carbonyl (C=O) groups is 1. The lowest BCUT2D eigenvalue weighted by Gasteiger charge is -2.18. The maximum Gasteiger partial charge on any atom is 0.257 e. The Morgan fingerprint density at radius 1 is 1.16 bits per heavy atom. The van der Waals surface area contributed by atoms with Gasteiger partial charge in [0.15, 0.2) is 5.13 Å². The van der Waals surface area contributed by atoms with Crippen LogP contribution in [0.5, 0.6) is 5.75 Å². The Hall–Kier alpha value is -3.01. The molecule has 0 spiro atoms. The molecule has 3 rings (SSSR count). The number of ether oxygens (including phenoxy) is 1. The molecule has 2 aromatic carbocycles. The maximum absolute atomic E-state index is 12.9. The molecule has 0 aliphatic carbocycles. The standard InChI is InChI=1S/C22H23N3O4S2/c1-4-13-25(14-5-2)31(27,28)18-11-12-19-20(15-18)30-22(23-19)24-21(26)16-7-9-17(10-8-16)29-6-3/h4-5,7-12,15H,1-2,6,13-14H2,3H3,(H,23,24,26). The molecule has 1 amide bonds. The molecule has 7 nitrogen and oxygen atoms in total. The number of nitrogens with zero attached hydrogens (tertiary/aromatic N) is 2. The van der Waals surface area contributed by atoms with Crippen molar-refractivity contribution in [2.24, 2.45) is 0 Å². The van der Waals surface area contributed by atoms with E-state index in [0.29, 0.717) is 33.3 Å². The number of rotatable bonds is 10. The van der Waals surface area contributed by atoms with Gasteiger partial charge in [-0.25, -0.2) is 13.4 Å². The summed E-state index contributed by atoms with van der Waals surface area (Å²) in [5.41, 5.74) is 1.07. The van der Waals surface area contributed by atoms with Gasteiger partial charge in [0.05, 0.1) is 21.7 Å². The van der Waals surface area contributed by atoms with Gasteiger partial charge in [-0.15, -0.1) is 13.2 Å². The smallest absolute Gasteiger partial charge is 0.257 e. The van der Waals surface area contributed by atoms with Gasteiger partial charge in [0, 0.05) is 18.7 Å². The van der Waals surface area contributed by atoms with Crippen LogP contribution in [0.15, 0.2) is 72.7 Å². The lowest BCUT2D eigenvalue weighted by molar-refractivity contribution is 0.102. The van der Waals surface area contributed by atoms with Crippen molar-refractivity contribution in [3.63, 3.8) is 0 Å². The van der Waals surface area contributed by atoms with E-state index in [9.17, 15) is 13.2 Å². The third-order valence-corrected chi connectivity index (χ3v) is 7.07. The molecule has 1 heterocycles. The Labute approximate surface area is 185 Å². The summed E-state index contributed by atoms with van der Waals surface area (Å²) in [5, 5.41) is 3.15. The van der Waals surface area contributed by atoms with Gasteiger partial charge in [0.1, 0.15) is 5.75 Å². The van der Waals surface area contributed by atoms with Crippen LogP contribution in [-0.2, 0) is 10.0 Å². The Morgan fingerprint density at radius 3 is 2.45 bits per heavy atom. The molecular formula is C22H23N3O4S2. The zero-order valence-electron chi connectivity index (χ0n) is 17.1. The Kier molecular flexibility index (Phi) is 7.21. The number of sulfonamides is 1. The van der Waals surface area contributed by atoms with Gasteiger partial charge >= 0.3 is 0 Å². The van der Waals surface area contributed by atoms with Gasteiger partial charge in [-0.3, -0.25) is 10.1 Å².